The van der Waals surface area contributed by atoms with Crippen molar-refractivity contribution in [3.63, 3.8) is 0 Å². The first-order chi connectivity index (χ1) is 9.95. The molecule has 7 heteroatoms. The lowest BCUT2D eigenvalue weighted by Crippen LogP contribution is -2.17. The Morgan fingerprint density at radius 2 is 1.76 bits per heavy atom. The highest BCUT2D eigenvalue weighted by Gasteiger charge is 2.07. The molecule has 2 rings (SSSR count). The van der Waals surface area contributed by atoms with Crippen LogP contribution in [0.1, 0.15) is 15.9 Å². The van der Waals surface area contributed by atoms with Crippen molar-refractivity contribution in [3.8, 4) is 11.5 Å². The van der Waals surface area contributed by atoms with Gasteiger partial charge in [-0.1, -0.05) is 29.3 Å². The van der Waals surface area contributed by atoms with Gasteiger partial charge >= 0.3 is 0 Å². The second kappa shape index (κ2) is 6.47. The van der Waals surface area contributed by atoms with Crippen molar-refractivity contribution < 1.29 is 15.0 Å². The maximum absolute atomic E-state index is 11.8. The zero-order valence-electron chi connectivity index (χ0n) is 10.5. The van der Waals surface area contributed by atoms with Crippen LogP contribution in [0.2, 0.25) is 10.0 Å². The van der Waals surface area contributed by atoms with E-state index in [1.165, 1.54) is 18.3 Å². The molecule has 0 aliphatic carbocycles. The highest BCUT2D eigenvalue weighted by atomic mass is 35.5. The van der Waals surface area contributed by atoms with Crippen molar-refractivity contribution in [3.05, 3.63) is 57.6 Å². The standard InChI is InChI=1S/C14H10Cl2N2O3/c15-10-2-1-8(13(16)5-10)7-17-18-14(21)9-3-11(19)6-12(20)4-9/h1-7,19-20H,(H,18,21)/b17-7-. The van der Waals surface area contributed by atoms with E-state index < -0.39 is 5.91 Å². The van der Waals surface area contributed by atoms with Crippen molar-refractivity contribution in [2.75, 3.05) is 0 Å². The predicted octanol–water partition coefficient (Wildman–Crippen LogP) is 3.17. The van der Waals surface area contributed by atoms with Gasteiger partial charge in [0.1, 0.15) is 11.5 Å². The molecule has 0 bridgehead atoms. The number of phenolic OH excluding ortho intramolecular Hbond substituents is 2. The van der Waals surface area contributed by atoms with Crippen LogP contribution >= 0.6 is 23.2 Å². The van der Waals surface area contributed by atoms with Crippen molar-refractivity contribution in [2.24, 2.45) is 5.10 Å². The molecule has 0 saturated heterocycles. The average Bonchev–Trinajstić information content (AvgIpc) is 2.40. The lowest BCUT2D eigenvalue weighted by molar-refractivity contribution is 0.0954. The van der Waals surface area contributed by atoms with Crippen LogP contribution in [0, 0.1) is 0 Å². The van der Waals surface area contributed by atoms with E-state index in [2.05, 4.69) is 10.5 Å². The number of halogens is 2. The summed E-state index contributed by atoms with van der Waals surface area (Å²) < 4.78 is 0. The van der Waals surface area contributed by atoms with Crippen molar-refractivity contribution >= 4 is 35.3 Å². The molecule has 0 fully saturated rings. The number of carbonyl (C=O) groups excluding carboxylic acids is 1. The summed E-state index contributed by atoms with van der Waals surface area (Å²) in [6.07, 6.45) is 1.36. The summed E-state index contributed by atoms with van der Waals surface area (Å²) in [6, 6.07) is 8.39. The number of nitrogens with one attached hydrogen (secondary N) is 1. The maximum atomic E-state index is 11.8. The number of hydrogen-bond donors (Lipinski definition) is 3. The van der Waals surface area contributed by atoms with Gasteiger partial charge in [-0.15, -0.1) is 0 Å². The minimum Gasteiger partial charge on any atom is -0.508 e. The largest absolute Gasteiger partial charge is 0.508 e. The summed E-state index contributed by atoms with van der Waals surface area (Å²) in [6.45, 7) is 0. The molecule has 0 aromatic heterocycles. The van der Waals surface area contributed by atoms with Crippen LogP contribution in [0.5, 0.6) is 11.5 Å². The van der Waals surface area contributed by atoms with E-state index in [1.54, 1.807) is 18.2 Å². The van der Waals surface area contributed by atoms with Crippen LogP contribution in [-0.4, -0.2) is 22.3 Å². The van der Waals surface area contributed by atoms with E-state index in [0.717, 1.165) is 6.07 Å². The van der Waals surface area contributed by atoms with E-state index >= 15 is 0 Å². The molecule has 0 radical (unpaired) electrons. The fourth-order valence-corrected chi connectivity index (χ4v) is 2.01. The molecule has 0 heterocycles. The average molecular weight is 325 g/mol. The molecule has 3 N–H and O–H groups in total. The van der Waals surface area contributed by atoms with Gasteiger partial charge in [-0.05, 0) is 24.3 Å². The molecule has 1 amide bonds. The molecule has 2 aromatic rings. The Labute approximate surface area is 130 Å². The third-order valence-corrected chi connectivity index (χ3v) is 3.06. The zero-order chi connectivity index (χ0) is 15.4. The van der Waals surface area contributed by atoms with Crippen molar-refractivity contribution in [1.29, 1.82) is 0 Å². The molecule has 0 aliphatic heterocycles. The molecular weight excluding hydrogens is 315 g/mol. The smallest absolute Gasteiger partial charge is 0.271 e. The van der Waals surface area contributed by atoms with E-state index in [0.29, 0.717) is 15.6 Å². The highest BCUT2D eigenvalue weighted by molar-refractivity contribution is 6.36. The zero-order valence-corrected chi connectivity index (χ0v) is 12.1. The topological polar surface area (TPSA) is 81.9 Å². The summed E-state index contributed by atoms with van der Waals surface area (Å²) in [5, 5.41) is 23.2. The first kappa shape index (κ1) is 15.2. The monoisotopic (exact) mass is 324 g/mol. The van der Waals surface area contributed by atoms with Gasteiger partial charge in [0, 0.05) is 22.2 Å². The Bertz CT molecular complexity index is 697. The molecular formula is C14H10Cl2N2O3. The van der Waals surface area contributed by atoms with Crippen LogP contribution < -0.4 is 5.43 Å². The van der Waals surface area contributed by atoms with Crippen molar-refractivity contribution in [1.82, 2.24) is 5.43 Å². The van der Waals surface area contributed by atoms with Crippen LogP contribution in [0.4, 0.5) is 0 Å². The summed E-state index contributed by atoms with van der Waals surface area (Å²) in [4.78, 5) is 11.8. The molecule has 21 heavy (non-hydrogen) atoms. The molecule has 108 valence electrons. The summed E-state index contributed by atoms with van der Waals surface area (Å²) in [7, 11) is 0. The van der Waals surface area contributed by atoms with Gasteiger partial charge in [0.25, 0.3) is 5.91 Å². The Morgan fingerprint density at radius 1 is 1.10 bits per heavy atom. The first-order valence-electron chi connectivity index (χ1n) is 5.77. The van der Waals surface area contributed by atoms with E-state index in [4.69, 9.17) is 23.2 Å². The number of nitrogens with zero attached hydrogens (tertiary/aromatic N) is 1. The molecule has 0 atom stereocenters. The Balaban J connectivity index is 2.08. The van der Waals surface area contributed by atoms with Gasteiger partial charge in [-0.25, -0.2) is 5.43 Å². The van der Waals surface area contributed by atoms with E-state index in [9.17, 15) is 15.0 Å². The van der Waals surface area contributed by atoms with E-state index in [-0.39, 0.29) is 17.1 Å². The van der Waals surface area contributed by atoms with Crippen LogP contribution in [0.3, 0.4) is 0 Å². The van der Waals surface area contributed by atoms with Crippen LogP contribution in [-0.2, 0) is 0 Å². The highest BCUT2D eigenvalue weighted by Crippen LogP contribution is 2.21. The van der Waals surface area contributed by atoms with Crippen LogP contribution in [0.25, 0.3) is 0 Å². The minimum atomic E-state index is -0.581. The Hall–Kier alpha value is -2.24. The lowest BCUT2D eigenvalue weighted by atomic mass is 10.2. The molecule has 0 aliphatic rings. The number of amides is 1. The van der Waals surface area contributed by atoms with Gasteiger partial charge in [0.2, 0.25) is 0 Å². The van der Waals surface area contributed by atoms with Gasteiger partial charge in [0.15, 0.2) is 0 Å². The van der Waals surface area contributed by atoms with Gasteiger partial charge in [-0.2, -0.15) is 5.10 Å². The van der Waals surface area contributed by atoms with Gasteiger partial charge in [0.05, 0.1) is 11.2 Å². The molecule has 2 aromatic carbocycles. The van der Waals surface area contributed by atoms with Gasteiger partial charge in [-0.3, -0.25) is 4.79 Å². The second-order valence-electron chi connectivity index (χ2n) is 4.10. The predicted molar refractivity (Wildman–Crippen MR) is 81.3 cm³/mol. The molecule has 5 nitrogen and oxygen atoms in total. The van der Waals surface area contributed by atoms with Crippen LogP contribution in [0.15, 0.2) is 41.5 Å². The Kier molecular flexibility index (Phi) is 4.67. The normalized spacial score (nSPS) is 10.8. The second-order valence-corrected chi connectivity index (χ2v) is 4.95. The lowest BCUT2D eigenvalue weighted by Gasteiger charge is -2.02. The number of benzene rings is 2. The Morgan fingerprint density at radius 3 is 2.38 bits per heavy atom. The summed E-state index contributed by atoms with van der Waals surface area (Å²) >= 11 is 11.7. The number of aromatic hydroxyl groups is 2. The van der Waals surface area contributed by atoms with E-state index in [1.807, 2.05) is 0 Å². The maximum Gasteiger partial charge on any atom is 0.271 e. The first-order valence-corrected chi connectivity index (χ1v) is 6.53. The molecule has 0 saturated carbocycles. The third kappa shape index (κ3) is 4.11. The summed E-state index contributed by atoms with van der Waals surface area (Å²) in [5.74, 6) is -1.02. The number of carbonyl (C=O) groups is 1. The number of hydrazone groups is 1. The number of hydrogen-bond acceptors (Lipinski definition) is 4. The summed E-state index contributed by atoms with van der Waals surface area (Å²) in [5.41, 5.74) is 2.92. The van der Waals surface area contributed by atoms with Gasteiger partial charge < -0.3 is 10.2 Å². The fraction of sp³-hybridized carbons (Fsp3) is 0. The minimum absolute atomic E-state index is 0.0758. The number of phenols is 2. The SMILES string of the molecule is O=C(N/N=C\c1ccc(Cl)cc1Cl)c1cc(O)cc(O)c1. The number of rotatable bonds is 3. The van der Waals surface area contributed by atoms with Crippen molar-refractivity contribution in [2.45, 2.75) is 0 Å². The molecule has 0 spiro atoms. The fourth-order valence-electron chi connectivity index (χ4n) is 1.56. The third-order valence-electron chi connectivity index (χ3n) is 2.50. The quantitative estimate of drug-likeness (QED) is 0.599. The molecule has 0 unspecified atom stereocenters.